The van der Waals surface area contributed by atoms with Gasteiger partial charge in [-0.05, 0) is 12.8 Å². The fraction of sp³-hybridized carbons (Fsp3) is 1.00. The van der Waals surface area contributed by atoms with Crippen LogP contribution in [-0.2, 0) is 10.2 Å². The van der Waals surface area contributed by atoms with Crippen LogP contribution in [0.3, 0.4) is 0 Å². The molecule has 0 aromatic heterocycles. The summed E-state index contributed by atoms with van der Waals surface area (Å²) in [6, 6.07) is -0.0122. The molecule has 1 rings (SSSR count). The van der Waals surface area contributed by atoms with E-state index in [0.29, 0.717) is 13.1 Å². The lowest BCUT2D eigenvalue weighted by Crippen LogP contribution is -2.49. The number of piperidine rings is 1. The molecule has 1 fully saturated rings. The zero-order valence-corrected chi connectivity index (χ0v) is 7.97. The third-order valence-electron chi connectivity index (χ3n) is 2.02. The maximum atomic E-state index is 11.3. The van der Waals surface area contributed by atoms with Crippen molar-refractivity contribution >= 4 is 10.2 Å². The Hall–Kier alpha value is -0.170. The van der Waals surface area contributed by atoms with Crippen LogP contribution in [0.1, 0.15) is 12.8 Å². The highest BCUT2D eigenvalue weighted by Gasteiger charge is 2.25. The molecule has 1 saturated heterocycles. The summed E-state index contributed by atoms with van der Waals surface area (Å²) in [5, 5.41) is 0. The minimum atomic E-state index is -3.25. The minimum absolute atomic E-state index is 0.0122. The van der Waals surface area contributed by atoms with Crippen molar-refractivity contribution < 1.29 is 8.42 Å². The number of nitrogens with zero attached hydrogens (tertiary/aromatic N) is 1. The summed E-state index contributed by atoms with van der Waals surface area (Å²) in [5.74, 6) is 0. The van der Waals surface area contributed by atoms with E-state index in [4.69, 9.17) is 5.73 Å². The molecule has 1 heterocycles. The number of nitrogens with one attached hydrogen (secondary N) is 1. The van der Waals surface area contributed by atoms with Gasteiger partial charge >= 0.3 is 0 Å². The first-order chi connectivity index (χ1) is 5.56. The van der Waals surface area contributed by atoms with Gasteiger partial charge in [-0.15, -0.1) is 0 Å². The molecule has 1 aliphatic heterocycles. The van der Waals surface area contributed by atoms with Gasteiger partial charge < -0.3 is 5.73 Å². The van der Waals surface area contributed by atoms with Crippen LogP contribution >= 0.6 is 0 Å². The Balaban J connectivity index is 2.63. The smallest absolute Gasteiger partial charge is 0.279 e. The van der Waals surface area contributed by atoms with Gasteiger partial charge in [0.05, 0.1) is 0 Å². The van der Waals surface area contributed by atoms with Crippen LogP contribution in [0.4, 0.5) is 0 Å². The van der Waals surface area contributed by atoms with Gasteiger partial charge in [0, 0.05) is 26.2 Å². The zero-order chi connectivity index (χ0) is 9.19. The van der Waals surface area contributed by atoms with Crippen molar-refractivity contribution in [2.45, 2.75) is 18.9 Å². The highest BCUT2D eigenvalue weighted by Crippen LogP contribution is 2.10. The van der Waals surface area contributed by atoms with E-state index >= 15 is 0 Å². The normalized spacial score (nSPS) is 27.3. The summed E-state index contributed by atoms with van der Waals surface area (Å²) in [6.45, 7) is 1.01. The first-order valence-corrected chi connectivity index (χ1v) is 5.44. The quantitative estimate of drug-likeness (QED) is 0.583. The third kappa shape index (κ3) is 2.16. The molecule has 1 unspecified atom stereocenters. The topological polar surface area (TPSA) is 75.4 Å². The van der Waals surface area contributed by atoms with Crippen LogP contribution in [0.5, 0.6) is 0 Å². The van der Waals surface area contributed by atoms with Gasteiger partial charge in [0.1, 0.15) is 0 Å². The summed E-state index contributed by atoms with van der Waals surface area (Å²) < 4.78 is 26.2. The van der Waals surface area contributed by atoms with Crippen LogP contribution in [0.15, 0.2) is 0 Å². The average molecular weight is 193 g/mol. The number of nitrogens with two attached hydrogens (primary N) is 1. The van der Waals surface area contributed by atoms with E-state index in [0.717, 1.165) is 12.8 Å². The van der Waals surface area contributed by atoms with E-state index in [1.807, 2.05) is 0 Å². The van der Waals surface area contributed by atoms with Crippen LogP contribution in [-0.4, -0.2) is 38.9 Å². The fourth-order valence-electron chi connectivity index (χ4n) is 1.32. The van der Waals surface area contributed by atoms with Gasteiger partial charge in [-0.3, -0.25) is 0 Å². The van der Waals surface area contributed by atoms with E-state index in [9.17, 15) is 8.42 Å². The summed E-state index contributed by atoms with van der Waals surface area (Å²) in [6.07, 6.45) is 1.76. The number of hydrogen-bond acceptors (Lipinski definition) is 3. The largest absolute Gasteiger partial charge is 0.327 e. The van der Waals surface area contributed by atoms with Crippen LogP contribution in [0.25, 0.3) is 0 Å². The zero-order valence-electron chi connectivity index (χ0n) is 7.16. The third-order valence-corrected chi connectivity index (χ3v) is 3.55. The molecule has 1 aliphatic rings. The molecule has 0 aromatic carbocycles. The van der Waals surface area contributed by atoms with Crippen molar-refractivity contribution in [2.75, 3.05) is 20.1 Å². The molecule has 0 bridgehead atoms. The van der Waals surface area contributed by atoms with E-state index in [2.05, 4.69) is 4.72 Å². The molecular weight excluding hydrogens is 178 g/mol. The van der Waals surface area contributed by atoms with Crippen molar-refractivity contribution in [3.05, 3.63) is 0 Å². The van der Waals surface area contributed by atoms with Crippen molar-refractivity contribution in [2.24, 2.45) is 5.73 Å². The Morgan fingerprint density at radius 3 is 2.75 bits per heavy atom. The lowest BCUT2D eigenvalue weighted by molar-refractivity contribution is 0.313. The minimum Gasteiger partial charge on any atom is -0.327 e. The number of hydrogen-bond donors (Lipinski definition) is 2. The lowest BCUT2D eigenvalue weighted by atomic mass is 10.1. The Labute approximate surface area is 73.1 Å². The van der Waals surface area contributed by atoms with Gasteiger partial charge in [0.25, 0.3) is 10.2 Å². The molecule has 5 nitrogen and oxygen atoms in total. The first kappa shape index (κ1) is 9.91. The molecule has 3 N–H and O–H groups in total. The molecule has 1 atom stereocenters. The highest BCUT2D eigenvalue weighted by molar-refractivity contribution is 7.87. The SMILES string of the molecule is CNS(=O)(=O)N1CCCC(N)C1. The predicted molar refractivity (Wildman–Crippen MR) is 46.8 cm³/mol. The lowest BCUT2D eigenvalue weighted by Gasteiger charge is -2.29. The van der Waals surface area contributed by atoms with E-state index < -0.39 is 10.2 Å². The van der Waals surface area contributed by atoms with Crippen LogP contribution in [0.2, 0.25) is 0 Å². The Morgan fingerprint density at radius 1 is 1.58 bits per heavy atom. The molecule has 6 heteroatoms. The van der Waals surface area contributed by atoms with Gasteiger partial charge in [-0.25, -0.2) is 4.72 Å². The van der Waals surface area contributed by atoms with Crippen LogP contribution in [0, 0.1) is 0 Å². The standard InChI is InChI=1S/C6H15N3O2S/c1-8-12(10,11)9-4-2-3-6(7)5-9/h6,8H,2-5,7H2,1H3. The average Bonchev–Trinajstić information content (AvgIpc) is 2.05. The van der Waals surface area contributed by atoms with Crippen molar-refractivity contribution in [1.82, 2.24) is 9.03 Å². The summed E-state index contributed by atoms with van der Waals surface area (Å²) in [5.41, 5.74) is 5.64. The second-order valence-corrected chi connectivity index (χ2v) is 4.84. The maximum Gasteiger partial charge on any atom is 0.279 e. The van der Waals surface area contributed by atoms with Gasteiger partial charge in [0.2, 0.25) is 0 Å². The second kappa shape index (κ2) is 3.69. The van der Waals surface area contributed by atoms with Gasteiger partial charge in [-0.1, -0.05) is 0 Å². The van der Waals surface area contributed by atoms with Crippen molar-refractivity contribution in [3.63, 3.8) is 0 Å². The molecule has 0 spiro atoms. The summed E-state index contributed by atoms with van der Waals surface area (Å²) in [4.78, 5) is 0. The van der Waals surface area contributed by atoms with Gasteiger partial charge in [0.15, 0.2) is 0 Å². The fourth-order valence-corrected chi connectivity index (χ4v) is 2.34. The second-order valence-electron chi connectivity index (χ2n) is 2.97. The Bertz CT molecular complexity index is 239. The summed E-state index contributed by atoms with van der Waals surface area (Å²) in [7, 11) is -1.84. The molecule has 0 saturated carbocycles. The maximum absolute atomic E-state index is 11.3. The van der Waals surface area contributed by atoms with Gasteiger partial charge in [-0.2, -0.15) is 12.7 Å². The molecule has 12 heavy (non-hydrogen) atoms. The van der Waals surface area contributed by atoms with Crippen LogP contribution < -0.4 is 10.5 Å². The number of rotatable bonds is 2. The molecule has 0 aromatic rings. The van der Waals surface area contributed by atoms with E-state index in [-0.39, 0.29) is 6.04 Å². The predicted octanol–water partition coefficient (Wildman–Crippen LogP) is -1.13. The van der Waals surface area contributed by atoms with Crippen molar-refractivity contribution in [1.29, 1.82) is 0 Å². The molecule has 0 amide bonds. The molecular formula is C6H15N3O2S. The monoisotopic (exact) mass is 193 g/mol. The highest BCUT2D eigenvalue weighted by atomic mass is 32.2. The Kier molecular flexibility index (Phi) is 3.05. The Morgan fingerprint density at radius 2 is 2.25 bits per heavy atom. The first-order valence-electron chi connectivity index (χ1n) is 4.00. The van der Waals surface area contributed by atoms with E-state index in [1.54, 1.807) is 0 Å². The van der Waals surface area contributed by atoms with Crippen molar-refractivity contribution in [3.8, 4) is 0 Å². The molecule has 0 radical (unpaired) electrons. The molecule has 0 aliphatic carbocycles. The summed E-state index contributed by atoms with van der Waals surface area (Å²) >= 11 is 0. The van der Waals surface area contributed by atoms with E-state index in [1.165, 1.54) is 11.4 Å². The molecule has 72 valence electrons.